The fourth-order valence-electron chi connectivity index (χ4n) is 1.45. The molecule has 0 heterocycles. The van der Waals surface area contributed by atoms with Crippen molar-refractivity contribution < 1.29 is 4.74 Å². The lowest BCUT2D eigenvalue weighted by Crippen LogP contribution is -1.84. The van der Waals surface area contributed by atoms with Gasteiger partial charge in [-0.2, -0.15) is 0 Å². The van der Waals surface area contributed by atoms with Crippen LogP contribution in [-0.4, -0.2) is 0 Å². The Kier molecular flexibility index (Phi) is 3.06. The van der Waals surface area contributed by atoms with Gasteiger partial charge < -0.3 is 4.74 Å². The van der Waals surface area contributed by atoms with E-state index in [0.717, 1.165) is 17.1 Å². The lowest BCUT2D eigenvalue weighted by molar-refractivity contribution is 0.482. The molecular formula is C15H14O. The summed E-state index contributed by atoms with van der Waals surface area (Å²) in [4.78, 5) is 0. The minimum Gasteiger partial charge on any atom is -0.457 e. The first kappa shape index (κ1) is 10.5. The molecule has 0 fully saturated rings. The van der Waals surface area contributed by atoms with E-state index < -0.39 is 0 Å². The molecule has 0 aliphatic heterocycles. The van der Waals surface area contributed by atoms with E-state index in [2.05, 4.69) is 13.5 Å². The van der Waals surface area contributed by atoms with Crippen LogP contribution in [-0.2, 0) is 0 Å². The van der Waals surface area contributed by atoms with Gasteiger partial charge in [-0.05, 0) is 36.8 Å². The van der Waals surface area contributed by atoms with E-state index in [0.29, 0.717) is 0 Å². The van der Waals surface area contributed by atoms with E-state index in [-0.39, 0.29) is 0 Å². The van der Waals surface area contributed by atoms with Crippen LogP contribution in [0.1, 0.15) is 11.1 Å². The van der Waals surface area contributed by atoms with Gasteiger partial charge in [0.1, 0.15) is 11.5 Å². The first-order chi connectivity index (χ1) is 7.78. The molecule has 0 aliphatic carbocycles. The summed E-state index contributed by atoms with van der Waals surface area (Å²) in [5.74, 6) is 1.69. The van der Waals surface area contributed by atoms with Crippen LogP contribution in [0.25, 0.3) is 6.08 Å². The summed E-state index contributed by atoms with van der Waals surface area (Å²) in [5.41, 5.74) is 2.29. The smallest absolute Gasteiger partial charge is 0.128 e. The van der Waals surface area contributed by atoms with Gasteiger partial charge in [0.2, 0.25) is 0 Å². The predicted molar refractivity (Wildman–Crippen MR) is 67.8 cm³/mol. The highest BCUT2D eigenvalue weighted by Gasteiger charge is 1.97. The molecule has 16 heavy (non-hydrogen) atoms. The van der Waals surface area contributed by atoms with Crippen LogP contribution in [0, 0.1) is 6.92 Å². The SMILES string of the molecule is C=Cc1cccc(Oc2ccc(C)cc2)c1. The van der Waals surface area contributed by atoms with Crippen LogP contribution < -0.4 is 4.74 Å². The molecular weight excluding hydrogens is 196 g/mol. The first-order valence-electron chi connectivity index (χ1n) is 5.25. The van der Waals surface area contributed by atoms with Gasteiger partial charge in [-0.15, -0.1) is 0 Å². The van der Waals surface area contributed by atoms with Gasteiger partial charge in [-0.1, -0.05) is 42.5 Å². The molecule has 0 N–H and O–H groups in total. The van der Waals surface area contributed by atoms with E-state index in [1.165, 1.54) is 5.56 Å². The molecule has 2 aromatic rings. The van der Waals surface area contributed by atoms with Gasteiger partial charge in [0.05, 0.1) is 0 Å². The number of hydrogen-bond acceptors (Lipinski definition) is 1. The zero-order valence-electron chi connectivity index (χ0n) is 9.31. The molecule has 2 rings (SSSR count). The Bertz CT molecular complexity index is 483. The van der Waals surface area contributed by atoms with Crippen molar-refractivity contribution in [3.05, 3.63) is 66.2 Å². The molecule has 0 saturated heterocycles. The molecule has 0 atom stereocenters. The number of hydrogen-bond donors (Lipinski definition) is 0. The van der Waals surface area contributed by atoms with E-state index in [4.69, 9.17) is 4.74 Å². The summed E-state index contributed by atoms with van der Waals surface area (Å²) < 4.78 is 5.73. The zero-order valence-corrected chi connectivity index (χ0v) is 9.31. The number of aryl methyl sites for hydroxylation is 1. The van der Waals surface area contributed by atoms with Gasteiger partial charge in [0.25, 0.3) is 0 Å². The second kappa shape index (κ2) is 4.67. The highest BCUT2D eigenvalue weighted by atomic mass is 16.5. The Hall–Kier alpha value is -2.02. The lowest BCUT2D eigenvalue weighted by Gasteiger charge is -2.06. The number of benzene rings is 2. The summed E-state index contributed by atoms with van der Waals surface area (Å²) in [6, 6.07) is 15.9. The van der Waals surface area contributed by atoms with E-state index in [1.54, 1.807) is 0 Å². The molecule has 0 radical (unpaired) electrons. The minimum atomic E-state index is 0.834. The standard InChI is InChI=1S/C15H14O/c1-3-13-5-4-6-15(11-13)16-14-9-7-12(2)8-10-14/h3-11H,1H2,2H3. The van der Waals surface area contributed by atoms with E-state index in [1.807, 2.05) is 54.6 Å². The monoisotopic (exact) mass is 210 g/mol. The molecule has 0 aromatic heterocycles. The Morgan fingerprint density at radius 2 is 1.75 bits per heavy atom. The Labute approximate surface area is 96.0 Å². The first-order valence-corrected chi connectivity index (χ1v) is 5.25. The summed E-state index contributed by atoms with van der Waals surface area (Å²) in [6.45, 7) is 5.79. The van der Waals surface area contributed by atoms with Crippen molar-refractivity contribution in [2.45, 2.75) is 6.92 Å². The topological polar surface area (TPSA) is 9.23 Å². The van der Waals surface area contributed by atoms with Gasteiger partial charge in [0, 0.05) is 0 Å². The zero-order chi connectivity index (χ0) is 11.4. The molecule has 0 bridgehead atoms. The number of rotatable bonds is 3. The highest BCUT2D eigenvalue weighted by Crippen LogP contribution is 2.22. The van der Waals surface area contributed by atoms with Crippen molar-refractivity contribution in [3.63, 3.8) is 0 Å². The predicted octanol–water partition coefficient (Wildman–Crippen LogP) is 4.43. The molecule has 0 saturated carbocycles. The molecule has 2 aromatic carbocycles. The van der Waals surface area contributed by atoms with Crippen molar-refractivity contribution in [3.8, 4) is 11.5 Å². The summed E-state index contributed by atoms with van der Waals surface area (Å²) >= 11 is 0. The Morgan fingerprint density at radius 1 is 1.00 bits per heavy atom. The maximum atomic E-state index is 5.73. The Balaban J connectivity index is 2.20. The molecule has 80 valence electrons. The van der Waals surface area contributed by atoms with Crippen LogP contribution in [0.2, 0.25) is 0 Å². The van der Waals surface area contributed by atoms with Crippen LogP contribution in [0.15, 0.2) is 55.1 Å². The summed E-state index contributed by atoms with van der Waals surface area (Å²) in [6.07, 6.45) is 1.81. The second-order valence-corrected chi connectivity index (χ2v) is 3.69. The Morgan fingerprint density at radius 3 is 2.44 bits per heavy atom. The summed E-state index contributed by atoms with van der Waals surface area (Å²) in [7, 11) is 0. The van der Waals surface area contributed by atoms with E-state index in [9.17, 15) is 0 Å². The third kappa shape index (κ3) is 2.51. The van der Waals surface area contributed by atoms with Gasteiger partial charge in [-0.25, -0.2) is 0 Å². The molecule has 1 nitrogen and oxygen atoms in total. The minimum absolute atomic E-state index is 0.834. The molecule has 0 unspecified atom stereocenters. The second-order valence-electron chi connectivity index (χ2n) is 3.69. The van der Waals surface area contributed by atoms with Crippen molar-refractivity contribution in [1.82, 2.24) is 0 Å². The van der Waals surface area contributed by atoms with Gasteiger partial charge >= 0.3 is 0 Å². The van der Waals surface area contributed by atoms with E-state index >= 15 is 0 Å². The van der Waals surface area contributed by atoms with Crippen molar-refractivity contribution >= 4 is 6.08 Å². The average Bonchev–Trinajstić information content (AvgIpc) is 2.32. The summed E-state index contributed by atoms with van der Waals surface area (Å²) in [5, 5.41) is 0. The van der Waals surface area contributed by atoms with Crippen molar-refractivity contribution in [1.29, 1.82) is 0 Å². The normalized spacial score (nSPS) is 9.81. The van der Waals surface area contributed by atoms with Gasteiger partial charge in [0.15, 0.2) is 0 Å². The largest absolute Gasteiger partial charge is 0.457 e. The third-order valence-electron chi connectivity index (χ3n) is 2.35. The molecule has 1 heteroatoms. The highest BCUT2D eigenvalue weighted by molar-refractivity contribution is 5.50. The molecule has 0 amide bonds. The maximum absolute atomic E-state index is 5.73. The third-order valence-corrected chi connectivity index (χ3v) is 2.35. The fourth-order valence-corrected chi connectivity index (χ4v) is 1.45. The lowest BCUT2D eigenvalue weighted by atomic mass is 10.2. The van der Waals surface area contributed by atoms with Crippen LogP contribution >= 0.6 is 0 Å². The molecule has 0 spiro atoms. The quantitative estimate of drug-likeness (QED) is 0.728. The van der Waals surface area contributed by atoms with Crippen molar-refractivity contribution in [2.24, 2.45) is 0 Å². The fraction of sp³-hybridized carbons (Fsp3) is 0.0667. The maximum Gasteiger partial charge on any atom is 0.128 e. The van der Waals surface area contributed by atoms with Gasteiger partial charge in [-0.3, -0.25) is 0 Å². The average molecular weight is 210 g/mol. The van der Waals surface area contributed by atoms with Crippen LogP contribution in [0.5, 0.6) is 11.5 Å². The van der Waals surface area contributed by atoms with Crippen molar-refractivity contribution in [2.75, 3.05) is 0 Å². The number of ether oxygens (including phenoxy) is 1. The molecule has 0 aliphatic rings. The van der Waals surface area contributed by atoms with Crippen LogP contribution in [0.4, 0.5) is 0 Å². The van der Waals surface area contributed by atoms with Crippen LogP contribution in [0.3, 0.4) is 0 Å².